The summed E-state index contributed by atoms with van der Waals surface area (Å²) in [7, 11) is 1.70. The van der Waals surface area contributed by atoms with Gasteiger partial charge >= 0.3 is 0 Å². The SMILES string of the molecule is COc1cccc(CNC2=NCCCN2)c1OC1CCCC1.I. The van der Waals surface area contributed by atoms with E-state index in [0.717, 1.165) is 55.4 Å². The summed E-state index contributed by atoms with van der Waals surface area (Å²) in [5.74, 6) is 2.56. The van der Waals surface area contributed by atoms with E-state index >= 15 is 0 Å². The van der Waals surface area contributed by atoms with Crippen LogP contribution in [0.3, 0.4) is 0 Å². The van der Waals surface area contributed by atoms with Gasteiger partial charge in [-0.2, -0.15) is 0 Å². The Kier molecular flexibility index (Phi) is 7.26. The van der Waals surface area contributed by atoms with Crippen molar-refractivity contribution in [2.45, 2.75) is 44.8 Å². The van der Waals surface area contributed by atoms with Crippen LogP contribution < -0.4 is 20.1 Å². The lowest BCUT2D eigenvalue weighted by Gasteiger charge is -2.21. The Morgan fingerprint density at radius 2 is 2.09 bits per heavy atom. The maximum atomic E-state index is 6.24. The number of rotatable bonds is 5. The molecule has 0 amide bonds. The first-order valence-electron chi connectivity index (χ1n) is 8.21. The lowest BCUT2D eigenvalue weighted by Crippen LogP contribution is -2.40. The fourth-order valence-electron chi connectivity index (χ4n) is 3.00. The predicted octanol–water partition coefficient (Wildman–Crippen LogP) is 3.07. The first kappa shape index (κ1) is 18.2. The molecule has 0 bridgehead atoms. The largest absolute Gasteiger partial charge is 0.493 e. The van der Waals surface area contributed by atoms with Crippen molar-refractivity contribution in [3.05, 3.63) is 23.8 Å². The van der Waals surface area contributed by atoms with Gasteiger partial charge in [-0.1, -0.05) is 12.1 Å². The van der Waals surface area contributed by atoms with E-state index < -0.39 is 0 Å². The Balaban J connectivity index is 0.00000192. The Bertz CT molecular complexity index is 531. The third-order valence-corrected chi connectivity index (χ3v) is 4.21. The molecule has 1 saturated carbocycles. The van der Waals surface area contributed by atoms with Crippen LogP contribution in [0.15, 0.2) is 23.2 Å². The van der Waals surface area contributed by atoms with Gasteiger partial charge in [0, 0.05) is 25.2 Å². The van der Waals surface area contributed by atoms with Crippen molar-refractivity contribution in [2.75, 3.05) is 20.2 Å². The Labute approximate surface area is 155 Å². The monoisotopic (exact) mass is 431 g/mol. The van der Waals surface area contributed by atoms with Gasteiger partial charge in [0.2, 0.25) is 0 Å². The van der Waals surface area contributed by atoms with Crippen molar-refractivity contribution in [2.24, 2.45) is 4.99 Å². The fraction of sp³-hybridized carbons (Fsp3) is 0.588. The maximum absolute atomic E-state index is 6.24. The number of nitrogens with one attached hydrogen (secondary N) is 2. The molecule has 0 aromatic heterocycles. The van der Waals surface area contributed by atoms with Gasteiger partial charge in [-0.05, 0) is 38.2 Å². The van der Waals surface area contributed by atoms with E-state index in [1.165, 1.54) is 12.8 Å². The molecule has 2 N–H and O–H groups in total. The molecule has 6 heteroatoms. The molecule has 1 aliphatic heterocycles. The van der Waals surface area contributed by atoms with Crippen molar-refractivity contribution in [1.29, 1.82) is 0 Å². The highest BCUT2D eigenvalue weighted by atomic mass is 127. The van der Waals surface area contributed by atoms with Crippen LogP contribution >= 0.6 is 24.0 Å². The molecule has 128 valence electrons. The van der Waals surface area contributed by atoms with E-state index in [0.29, 0.717) is 12.6 Å². The molecular formula is C17H26IN3O2. The van der Waals surface area contributed by atoms with Crippen LogP contribution in [0.5, 0.6) is 11.5 Å². The van der Waals surface area contributed by atoms with Crippen molar-refractivity contribution in [3.8, 4) is 11.5 Å². The van der Waals surface area contributed by atoms with Gasteiger partial charge in [0.15, 0.2) is 17.5 Å². The van der Waals surface area contributed by atoms with Gasteiger partial charge < -0.3 is 20.1 Å². The maximum Gasteiger partial charge on any atom is 0.191 e. The van der Waals surface area contributed by atoms with Crippen LogP contribution in [0, 0.1) is 0 Å². The molecule has 1 aromatic rings. The molecule has 0 radical (unpaired) electrons. The number of aliphatic imine (C=N–C) groups is 1. The summed E-state index contributed by atoms with van der Waals surface area (Å²) in [6.07, 6.45) is 6.21. The molecule has 3 rings (SSSR count). The fourth-order valence-corrected chi connectivity index (χ4v) is 3.00. The summed E-state index contributed by atoms with van der Waals surface area (Å²) in [5, 5.41) is 6.64. The van der Waals surface area contributed by atoms with Gasteiger partial charge in [0.1, 0.15) is 0 Å². The van der Waals surface area contributed by atoms with Crippen molar-refractivity contribution in [3.63, 3.8) is 0 Å². The van der Waals surface area contributed by atoms with Crippen LogP contribution in [0.4, 0.5) is 0 Å². The number of methoxy groups -OCH3 is 1. The quantitative estimate of drug-likeness (QED) is 0.704. The number of benzene rings is 1. The van der Waals surface area contributed by atoms with Crippen LogP contribution in [0.25, 0.3) is 0 Å². The molecule has 0 saturated heterocycles. The minimum absolute atomic E-state index is 0. The molecule has 1 aliphatic carbocycles. The van der Waals surface area contributed by atoms with Crippen molar-refractivity contribution in [1.82, 2.24) is 10.6 Å². The molecule has 0 unspecified atom stereocenters. The number of hydrogen-bond acceptors (Lipinski definition) is 5. The Morgan fingerprint density at radius 1 is 1.26 bits per heavy atom. The van der Waals surface area contributed by atoms with Gasteiger partial charge in [-0.15, -0.1) is 24.0 Å². The first-order valence-corrected chi connectivity index (χ1v) is 8.21. The average molecular weight is 431 g/mol. The summed E-state index contributed by atoms with van der Waals surface area (Å²) in [6, 6.07) is 6.06. The lowest BCUT2D eigenvalue weighted by molar-refractivity contribution is 0.198. The third kappa shape index (κ3) is 4.89. The van der Waals surface area contributed by atoms with Crippen LogP contribution in [-0.4, -0.2) is 32.3 Å². The molecule has 23 heavy (non-hydrogen) atoms. The number of hydrogen-bond donors (Lipinski definition) is 2. The average Bonchev–Trinajstić information content (AvgIpc) is 3.08. The Morgan fingerprint density at radius 3 is 2.78 bits per heavy atom. The first-order chi connectivity index (χ1) is 10.9. The molecule has 1 heterocycles. The molecule has 1 aromatic carbocycles. The Hall–Kier alpha value is -1.18. The van der Waals surface area contributed by atoms with E-state index in [9.17, 15) is 0 Å². The van der Waals surface area contributed by atoms with Gasteiger partial charge in [-0.3, -0.25) is 4.99 Å². The molecule has 0 spiro atoms. The highest BCUT2D eigenvalue weighted by Crippen LogP contribution is 2.34. The molecular weight excluding hydrogens is 405 g/mol. The zero-order chi connectivity index (χ0) is 15.2. The van der Waals surface area contributed by atoms with Crippen LogP contribution in [-0.2, 0) is 6.54 Å². The van der Waals surface area contributed by atoms with E-state index in [1.807, 2.05) is 12.1 Å². The minimum atomic E-state index is 0. The number of nitrogens with zero attached hydrogens (tertiary/aromatic N) is 1. The van der Waals surface area contributed by atoms with E-state index in [-0.39, 0.29) is 24.0 Å². The summed E-state index contributed by atoms with van der Waals surface area (Å²) in [5.41, 5.74) is 1.11. The standard InChI is InChI=1S/C17H25N3O2.HI/c1-21-15-9-4-6-13(12-20-17-18-10-5-11-19-17)16(15)22-14-7-2-3-8-14;/h4,6,9,14H,2-3,5,7-8,10-12H2,1H3,(H2,18,19,20);1H. The summed E-state index contributed by atoms with van der Waals surface area (Å²) in [6.45, 7) is 2.55. The van der Waals surface area contributed by atoms with Gasteiger partial charge in [-0.25, -0.2) is 0 Å². The summed E-state index contributed by atoms with van der Waals surface area (Å²) < 4.78 is 11.7. The topological polar surface area (TPSA) is 54.9 Å². The second-order valence-corrected chi connectivity index (χ2v) is 5.84. The highest BCUT2D eigenvalue weighted by molar-refractivity contribution is 14.0. The lowest BCUT2D eigenvalue weighted by atomic mass is 10.1. The number of ether oxygens (including phenoxy) is 2. The number of halogens is 1. The zero-order valence-corrected chi connectivity index (χ0v) is 16.0. The third-order valence-electron chi connectivity index (χ3n) is 4.21. The van der Waals surface area contributed by atoms with Crippen LogP contribution in [0.1, 0.15) is 37.7 Å². The molecule has 2 aliphatic rings. The normalized spacial score (nSPS) is 17.7. The molecule has 0 atom stereocenters. The van der Waals surface area contributed by atoms with Gasteiger partial charge in [0.25, 0.3) is 0 Å². The summed E-state index contributed by atoms with van der Waals surface area (Å²) >= 11 is 0. The van der Waals surface area contributed by atoms with Crippen LogP contribution in [0.2, 0.25) is 0 Å². The van der Waals surface area contributed by atoms with E-state index in [4.69, 9.17) is 9.47 Å². The number of para-hydroxylation sites is 1. The predicted molar refractivity (Wildman–Crippen MR) is 103 cm³/mol. The van der Waals surface area contributed by atoms with Crippen molar-refractivity contribution < 1.29 is 9.47 Å². The van der Waals surface area contributed by atoms with E-state index in [1.54, 1.807) is 7.11 Å². The summed E-state index contributed by atoms with van der Waals surface area (Å²) in [4.78, 5) is 4.44. The van der Waals surface area contributed by atoms with Gasteiger partial charge in [0.05, 0.1) is 13.2 Å². The second-order valence-electron chi connectivity index (χ2n) is 5.84. The van der Waals surface area contributed by atoms with E-state index in [2.05, 4.69) is 21.7 Å². The second kappa shape index (κ2) is 9.20. The van der Waals surface area contributed by atoms with Crippen molar-refractivity contribution >= 4 is 29.9 Å². The molecule has 5 nitrogen and oxygen atoms in total. The highest BCUT2D eigenvalue weighted by Gasteiger charge is 2.20. The minimum Gasteiger partial charge on any atom is -0.493 e. The zero-order valence-electron chi connectivity index (χ0n) is 13.6. The smallest absolute Gasteiger partial charge is 0.191 e. The molecule has 1 fully saturated rings. The number of guanidine groups is 1.